The zero-order valence-corrected chi connectivity index (χ0v) is 18.4. The number of amides is 4. The van der Waals surface area contributed by atoms with Crippen molar-refractivity contribution < 1.29 is 23.9 Å². The third kappa shape index (κ3) is 4.91. The maximum atomic E-state index is 12.8. The number of rotatable bonds is 7. The van der Waals surface area contributed by atoms with Crippen molar-refractivity contribution in [2.75, 3.05) is 23.9 Å². The van der Waals surface area contributed by atoms with Gasteiger partial charge in [-0.1, -0.05) is 35.9 Å². The molecular weight excluding hydrogens is 446 g/mol. The summed E-state index contributed by atoms with van der Waals surface area (Å²) in [6, 6.07) is 18.2. The van der Waals surface area contributed by atoms with Crippen LogP contribution in [-0.4, -0.2) is 31.5 Å². The Hall–Kier alpha value is -4.04. The zero-order chi connectivity index (χ0) is 23.4. The van der Waals surface area contributed by atoms with Gasteiger partial charge >= 0.3 is 6.03 Å². The largest absolute Gasteiger partial charge is 0.493 e. The summed E-state index contributed by atoms with van der Waals surface area (Å²) >= 11 is 6.17. The average Bonchev–Trinajstić information content (AvgIpc) is 3.16. The van der Waals surface area contributed by atoms with Gasteiger partial charge in [0.2, 0.25) is 0 Å². The van der Waals surface area contributed by atoms with Gasteiger partial charge in [0.05, 0.1) is 19.3 Å². The minimum atomic E-state index is -0.499. The van der Waals surface area contributed by atoms with Gasteiger partial charge in [0.15, 0.2) is 11.5 Å². The molecule has 1 aliphatic rings. The fourth-order valence-electron chi connectivity index (χ4n) is 3.31. The van der Waals surface area contributed by atoms with Gasteiger partial charge in [-0.05, 0) is 42.5 Å². The number of nitrogens with one attached hydrogen (secondary N) is 2. The average molecular weight is 466 g/mol. The van der Waals surface area contributed by atoms with Gasteiger partial charge in [-0.3, -0.25) is 9.59 Å². The second kappa shape index (κ2) is 9.62. The highest BCUT2D eigenvalue weighted by atomic mass is 35.5. The number of benzene rings is 3. The Morgan fingerprint density at radius 2 is 1.88 bits per heavy atom. The van der Waals surface area contributed by atoms with Crippen molar-refractivity contribution in [1.29, 1.82) is 0 Å². The molecule has 0 atom stereocenters. The van der Waals surface area contributed by atoms with E-state index in [4.69, 9.17) is 21.1 Å². The summed E-state index contributed by atoms with van der Waals surface area (Å²) in [7, 11) is 1.49. The number of nitrogens with zero attached hydrogens (tertiary/aromatic N) is 1. The predicted octanol–water partition coefficient (Wildman–Crippen LogP) is 4.24. The molecule has 1 saturated heterocycles. The van der Waals surface area contributed by atoms with E-state index in [1.807, 2.05) is 18.2 Å². The van der Waals surface area contributed by atoms with Crippen molar-refractivity contribution in [2.45, 2.75) is 6.61 Å². The van der Waals surface area contributed by atoms with Crippen LogP contribution in [0.15, 0.2) is 66.7 Å². The van der Waals surface area contributed by atoms with Gasteiger partial charge in [0.25, 0.3) is 11.8 Å². The molecule has 2 N–H and O–H groups in total. The molecule has 0 bridgehead atoms. The first-order valence-electron chi connectivity index (χ1n) is 10.0. The quantitative estimate of drug-likeness (QED) is 0.509. The Labute approximate surface area is 195 Å². The van der Waals surface area contributed by atoms with Gasteiger partial charge in [-0.15, -0.1) is 0 Å². The molecule has 3 aromatic carbocycles. The van der Waals surface area contributed by atoms with Crippen molar-refractivity contribution in [3.63, 3.8) is 0 Å². The number of ether oxygens (including phenoxy) is 2. The van der Waals surface area contributed by atoms with Crippen LogP contribution in [0.3, 0.4) is 0 Å². The van der Waals surface area contributed by atoms with E-state index in [0.29, 0.717) is 33.5 Å². The van der Waals surface area contributed by atoms with E-state index in [9.17, 15) is 14.4 Å². The van der Waals surface area contributed by atoms with Crippen LogP contribution in [0.25, 0.3) is 0 Å². The van der Waals surface area contributed by atoms with Crippen molar-refractivity contribution in [3.05, 3.63) is 82.9 Å². The summed E-state index contributed by atoms with van der Waals surface area (Å²) < 4.78 is 11.2. The molecular formula is C24H20ClN3O5. The van der Waals surface area contributed by atoms with Crippen LogP contribution in [0, 0.1) is 0 Å². The van der Waals surface area contributed by atoms with E-state index in [1.54, 1.807) is 48.5 Å². The smallest absolute Gasteiger partial charge is 0.329 e. The minimum absolute atomic E-state index is 0.0554. The highest BCUT2D eigenvalue weighted by Crippen LogP contribution is 2.30. The topological polar surface area (TPSA) is 97.0 Å². The van der Waals surface area contributed by atoms with Gasteiger partial charge in [0, 0.05) is 21.8 Å². The summed E-state index contributed by atoms with van der Waals surface area (Å²) in [4.78, 5) is 37.6. The first kappa shape index (κ1) is 22.2. The molecule has 1 heterocycles. The normalized spacial score (nSPS) is 13.0. The van der Waals surface area contributed by atoms with Crippen molar-refractivity contribution in [3.8, 4) is 11.5 Å². The first-order valence-corrected chi connectivity index (χ1v) is 10.4. The van der Waals surface area contributed by atoms with Gasteiger partial charge in [0.1, 0.15) is 6.61 Å². The van der Waals surface area contributed by atoms with Crippen LogP contribution in [0.2, 0.25) is 5.02 Å². The molecule has 0 aliphatic carbocycles. The standard InChI is InChI=1S/C24H20ClN3O5/c1-32-21-11-15(9-10-20(21)33-14-16-5-2-3-8-19(16)25)23(30)27-17-6-4-7-18(12-17)28-22(29)13-26-24(28)31/h2-12H,13-14H2,1H3,(H,26,31)(H,27,30). The van der Waals surface area contributed by atoms with Crippen LogP contribution in [0.1, 0.15) is 15.9 Å². The highest BCUT2D eigenvalue weighted by molar-refractivity contribution is 6.31. The molecule has 0 unspecified atom stereocenters. The van der Waals surface area contributed by atoms with Crippen LogP contribution >= 0.6 is 11.6 Å². The molecule has 0 aromatic heterocycles. The molecule has 4 amide bonds. The highest BCUT2D eigenvalue weighted by Gasteiger charge is 2.30. The lowest BCUT2D eigenvalue weighted by Gasteiger charge is -2.15. The number of carbonyl (C=O) groups is 3. The van der Waals surface area contributed by atoms with E-state index in [-0.39, 0.29) is 25.0 Å². The lowest BCUT2D eigenvalue weighted by molar-refractivity contribution is -0.115. The molecule has 168 valence electrons. The second-order valence-electron chi connectivity index (χ2n) is 7.14. The molecule has 8 nitrogen and oxygen atoms in total. The third-order valence-electron chi connectivity index (χ3n) is 4.97. The number of hydrogen-bond donors (Lipinski definition) is 2. The minimum Gasteiger partial charge on any atom is -0.493 e. The van der Waals surface area contributed by atoms with E-state index in [0.717, 1.165) is 10.5 Å². The van der Waals surface area contributed by atoms with E-state index >= 15 is 0 Å². The maximum Gasteiger partial charge on any atom is 0.329 e. The zero-order valence-electron chi connectivity index (χ0n) is 17.6. The lowest BCUT2D eigenvalue weighted by atomic mass is 10.1. The fourth-order valence-corrected chi connectivity index (χ4v) is 3.50. The summed E-state index contributed by atoms with van der Waals surface area (Å²) in [6.45, 7) is 0.192. The summed E-state index contributed by atoms with van der Waals surface area (Å²) in [5.74, 6) is 0.109. The third-order valence-corrected chi connectivity index (χ3v) is 5.34. The summed E-state index contributed by atoms with van der Waals surface area (Å²) in [5, 5.41) is 5.83. The number of hydrogen-bond acceptors (Lipinski definition) is 5. The van der Waals surface area contributed by atoms with E-state index < -0.39 is 6.03 Å². The van der Waals surface area contributed by atoms with Crippen molar-refractivity contribution in [1.82, 2.24) is 5.32 Å². The van der Waals surface area contributed by atoms with Crippen LogP contribution < -0.4 is 25.0 Å². The lowest BCUT2D eigenvalue weighted by Crippen LogP contribution is -2.30. The van der Waals surface area contributed by atoms with Crippen LogP contribution in [0.4, 0.5) is 16.2 Å². The van der Waals surface area contributed by atoms with Crippen LogP contribution in [-0.2, 0) is 11.4 Å². The predicted molar refractivity (Wildman–Crippen MR) is 124 cm³/mol. The Kier molecular flexibility index (Phi) is 6.46. The monoisotopic (exact) mass is 465 g/mol. The molecule has 0 radical (unpaired) electrons. The van der Waals surface area contributed by atoms with E-state index in [2.05, 4.69) is 10.6 Å². The van der Waals surface area contributed by atoms with Crippen molar-refractivity contribution >= 4 is 40.8 Å². The molecule has 9 heteroatoms. The van der Waals surface area contributed by atoms with Crippen LogP contribution in [0.5, 0.6) is 11.5 Å². The SMILES string of the molecule is COc1cc(C(=O)Nc2cccc(N3C(=O)CNC3=O)c2)ccc1OCc1ccccc1Cl. The Morgan fingerprint density at radius 3 is 2.61 bits per heavy atom. The molecule has 33 heavy (non-hydrogen) atoms. The number of carbonyl (C=O) groups excluding carboxylic acids is 3. The fraction of sp³-hybridized carbons (Fsp3) is 0.125. The Balaban J connectivity index is 1.47. The van der Waals surface area contributed by atoms with Crippen molar-refractivity contribution in [2.24, 2.45) is 0 Å². The Morgan fingerprint density at radius 1 is 1.06 bits per heavy atom. The molecule has 1 aliphatic heterocycles. The number of imide groups is 1. The maximum absolute atomic E-state index is 12.8. The molecule has 1 fully saturated rings. The Bertz CT molecular complexity index is 1210. The summed E-state index contributed by atoms with van der Waals surface area (Å²) in [6.07, 6.45) is 0. The molecule has 4 rings (SSSR count). The van der Waals surface area contributed by atoms with E-state index in [1.165, 1.54) is 7.11 Å². The number of methoxy groups -OCH3 is 1. The number of urea groups is 1. The molecule has 3 aromatic rings. The molecule has 0 spiro atoms. The van der Waals surface area contributed by atoms with Gasteiger partial charge < -0.3 is 20.1 Å². The van der Waals surface area contributed by atoms with Gasteiger partial charge in [-0.25, -0.2) is 9.69 Å². The molecule has 0 saturated carbocycles. The second-order valence-corrected chi connectivity index (χ2v) is 7.55. The summed E-state index contributed by atoms with van der Waals surface area (Å²) in [5.41, 5.74) is 1.97. The number of halogens is 1. The first-order chi connectivity index (χ1) is 16.0. The number of anilines is 2. The van der Waals surface area contributed by atoms with Gasteiger partial charge in [-0.2, -0.15) is 0 Å².